The Morgan fingerprint density at radius 1 is 0.438 bits per heavy atom. The van der Waals surface area contributed by atoms with Crippen LogP contribution in [-0.2, 0) is 12.4 Å². The van der Waals surface area contributed by atoms with Crippen LogP contribution in [0.15, 0.2) is 121 Å². The highest BCUT2D eigenvalue weighted by atomic mass is 19.4. The number of nitrogens with zero attached hydrogens (tertiary/aromatic N) is 2. The molecule has 0 aliphatic rings. The summed E-state index contributed by atoms with van der Waals surface area (Å²) in [6.07, 6.45) is -9.62. The number of hydrogen-bond donors (Lipinski definition) is 0. The summed E-state index contributed by atoms with van der Waals surface area (Å²) in [7, 11) is 0. The lowest BCUT2D eigenvalue weighted by Crippen LogP contribution is -2.12. The molecule has 6 aromatic carbocycles. The van der Waals surface area contributed by atoms with Gasteiger partial charge < -0.3 is 9.13 Å². The number of aromatic nitrogens is 2. The van der Waals surface area contributed by atoms with Crippen molar-refractivity contribution in [1.29, 1.82) is 0 Å². The van der Waals surface area contributed by atoms with Crippen molar-refractivity contribution in [1.82, 2.24) is 9.13 Å². The van der Waals surface area contributed by atoms with Crippen LogP contribution in [0.4, 0.5) is 26.3 Å². The summed E-state index contributed by atoms with van der Waals surface area (Å²) in [5, 5.41) is 3.54. The van der Waals surface area contributed by atoms with Gasteiger partial charge in [0.15, 0.2) is 0 Å². The molecule has 48 heavy (non-hydrogen) atoms. The predicted molar refractivity (Wildman–Crippen MR) is 180 cm³/mol. The fourth-order valence-electron chi connectivity index (χ4n) is 6.95. The van der Waals surface area contributed by atoms with Gasteiger partial charge in [-0.3, -0.25) is 0 Å². The van der Waals surface area contributed by atoms with Crippen molar-refractivity contribution in [3.63, 3.8) is 0 Å². The van der Waals surface area contributed by atoms with Gasteiger partial charge in [-0.15, -0.1) is 0 Å². The number of aryl methyl sites for hydroxylation is 2. The van der Waals surface area contributed by atoms with Gasteiger partial charge in [0.25, 0.3) is 0 Å². The molecule has 0 aliphatic heterocycles. The maximum atomic E-state index is 15.2. The lowest BCUT2D eigenvalue weighted by atomic mass is 9.95. The normalized spacial score (nSPS) is 12.6. The van der Waals surface area contributed by atoms with E-state index in [0.29, 0.717) is 16.7 Å². The number of rotatable bonds is 3. The van der Waals surface area contributed by atoms with Crippen LogP contribution in [0.25, 0.3) is 66.1 Å². The quantitative estimate of drug-likeness (QED) is 0.169. The molecule has 0 spiro atoms. The van der Waals surface area contributed by atoms with Crippen molar-refractivity contribution < 1.29 is 26.3 Å². The molecule has 2 aromatic heterocycles. The van der Waals surface area contributed by atoms with Crippen LogP contribution in [-0.4, -0.2) is 9.13 Å². The van der Waals surface area contributed by atoms with Gasteiger partial charge in [0, 0.05) is 21.5 Å². The first-order valence-electron chi connectivity index (χ1n) is 15.3. The van der Waals surface area contributed by atoms with Gasteiger partial charge in [-0.05, 0) is 84.6 Å². The summed E-state index contributed by atoms with van der Waals surface area (Å²) in [4.78, 5) is 0. The Bertz CT molecular complexity index is 2560. The minimum absolute atomic E-state index is 0.181. The van der Waals surface area contributed by atoms with Gasteiger partial charge in [0.2, 0.25) is 0 Å². The molecule has 8 heteroatoms. The maximum Gasteiger partial charge on any atom is 0.417 e. The first kappa shape index (κ1) is 29.9. The second-order valence-corrected chi connectivity index (χ2v) is 12.2. The number of hydrogen-bond acceptors (Lipinski definition) is 0. The van der Waals surface area contributed by atoms with Crippen LogP contribution >= 0.6 is 0 Å². The van der Waals surface area contributed by atoms with E-state index in [4.69, 9.17) is 0 Å². The molecule has 0 unspecified atom stereocenters. The maximum absolute atomic E-state index is 15.2. The summed E-state index contributed by atoms with van der Waals surface area (Å²) >= 11 is 0. The molecule has 0 bridgehead atoms. The van der Waals surface area contributed by atoms with Crippen LogP contribution < -0.4 is 0 Å². The molecule has 2 heterocycles. The molecule has 0 amide bonds. The summed E-state index contributed by atoms with van der Waals surface area (Å²) in [5.74, 6) is 0. The van der Waals surface area contributed by atoms with E-state index in [1.165, 1.54) is 12.1 Å². The molecule has 8 aromatic rings. The minimum atomic E-state index is -4.89. The average Bonchev–Trinajstić information content (AvgIpc) is 3.55. The van der Waals surface area contributed by atoms with E-state index in [1.54, 1.807) is 0 Å². The average molecular weight is 649 g/mol. The van der Waals surface area contributed by atoms with Gasteiger partial charge in [-0.2, -0.15) is 26.3 Å². The lowest BCUT2D eigenvalue weighted by Gasteiger charge is -2.22. The third-order valence-corrected chi connectivity index (χ3v) is 9.06. The Kier molecular flexibility index (Phi) is 6.54. The standard InChI is InChI=1S/C40H26F6N2/c1-23-14-16-29-27-10-3-5-12-33(27)47(35(29)18-23)37-21-31(25-8-7-9-26(20-25)39(41,42)43)32(40(44,45)46)22-38(37)48-34-13-6-4-11-28(34)30-17-15-24(2)19-36(30)48/h3-22H,1-2H3. The van der Waals surface area contributed by atoms with Crippen LogP contribution in [0.5, 0.6) is 0 Å². The Balaban J connectivity index is 1.60. The highest BCUT2D eigenvalue weighted by molar-refractivity contribution is 6.12. The second kappa shape index (κ2) is 10.5. The van der Waals surface area contributed by atoms with E-state index >= 15 is 13.2 Å². The van der Waals surface area contributed by atoms with Gasteiger partial charge >= 0.3 is 12.4 Å². The molecular formula is C40H26F6N2. The molecule has 0 saturated heterocycles. The zero-order chi connectivity index (χ0) is 33.5. The molecule has 0 aliphatic carbocycles. The van der Waals surface area contributed by atoms with Gasteiger partial charge in [0.05, 0.1) is 44.6 Å². The van der Waals surface area contributed by atoms with Crippen LogP contribution in [0.1, 0.15) is 22.3 Å². The Labute approximate surface area is 271 Å². The first-order chi connectivity index (χ1) is 22.9. The molecule has 0 atom stereocenters. The zero-order valence-electron chi connectivity index (χ0n) is 25.7. The van der Waals surface area contributed by atoms with E-state index in [1.807, 2.05) is 108 Å². The molecule has 238 valence electrons. The smallest absolute Gasteiger partial charge is 0.307 e. The number of benzene rings is 6. The van der Waals surface area contributed by atoms with E-state index in [9.17, 15) is 13.2 Å². The SMILES string of the molecule is Cc1ccc2c3ccccc3n(-c3cc(-c4cccc(C(F)(F)F)c4)c(C(F)(F)F)cc3-n3c4ccccc4c4ccc(C)cc43)c2c1. The second-order valence-electron chi connectivity index (χ2n) is 12.2. The van der Waals surface area contributed by atoms with Crippen LogP contribution in [0.3, 0.4) is 0 Å². The Morgan fingerprint density at radius 2 is 0.938 bits per heavy atom. The molecule has 8 rings (SSSR count). The molecule has 0 saturated carbocycles. The molecule has 0 N–H and O–H groups in total. The van der Waals surface area contributed by atoms with Crippen LogP contribution in [0, 0.1) is 13.8 Å². The minimum Gasteiger partial charge on any atom is -0.307 e. The Hall–Kier alpha value is -5.50. The highest BCUT2D eigenvalue weighted by Crippen LogP contribution is 2.45. The van der Waals surface area contributed by atoms with Crippen molar-refractivity contribution in [2.75, 3.05) is 0 Å². The fourth-order valence-corrected chi connectivity index (χ4v) is 6.95. The van der Waals surface area contributed by atoms with Gasteiger partial charge in [-0.1, -0.05) is 72.8 Å². The van der Waals surface area contributed by atoms with Crippen LogP contribution in [0.2, 0.25) is 0 Å². The molecule has 0 radical (unpaired) electrons. The van der Waals surface area contributed by atoms with E-state index in [0.717, 1.165) is 68.0 Å². The predicted octanol–water partition coefficient (Wildman–Crippen LogP) is 12.2. The van der Waals surface area contributed by atoms with Crippen molar-refractivity contribution in [3.8, 4) is 22.5 Å². The lowest BCUT2D eigenvalue weighted by molar-refractivity contribution is -0.137. The number of fused-ring (bicyclic) bond motifs is 6. The Morgan fingerprint density at radius 3 is 1.46 bits per heavy atom. The topological polar surface area (TPSA) is 9.86 Å². The zero-order valence-corrected chi connectivity index (χ0v) is 25.7. The van der Waals surface area contributed by atoms with E-state index < -0.39 is 23.5 Å². The fraction of sp³-hybridized carbons (Fsp3) is 0.100. The largest absolute Gasteiger partial charge is 0.417 e. The molecule has 0 fully saturated rings. The summed E-state index contributed by atoms with van der Waals surface area (Å²) in [6.45, 7) is 3.87. The van der Waals surface area contributed by atoms with Crippen molar-refractivity contribution >= 4 is 43.6 Å². The third kappa shape index (κ3) is 4.66. The first-order valence-corrected chi connectivity index (χ1v) is 15.3. The summed E-state index contributed by atoms with van der Waals surface area (Å²) < 4.78 is 90.9. The van der Waals surface area contributed by atoms with E-state index in [2.05, 4.69) is 0 Å². The number of alkyl halides is 6. The van der Waals surface area contributed by atoms with E-state index in [-0.39, 0.29) is 16.8 Å². The van der Waals surface area contributed by atoms with Gasteiger partial charge in [0.1, 0.15) is 0 Å². The number of halogens is 6. The monoisotopic (exact) mass is 648 g/mol. The molecule has 2 nitrogen and oxygen atoms in total. The number of para-hydroxylation sites is 2. The van der Waals surface area contributed by atoms with Gasteiger partial charge in [-0.25, -0.2) is 0 Å². The van der Waals surface area contributed by atoms with Crippen molar-refractivity contribution in [2.24, 2.45) is 0 Å². The van der Waals surface area contributed by atoms with Crippen molar-refractivity contribution in [2.45, 2.75) is 26.2 Å². The highest BCUT2D eigenvalue weighted by Gasteiger charge is 2.37. The molecular weight excluding hydrogens is 622 g/mol. The summed E-state index contributed by atoms with van der Waals surface area (Å²) in [6, 6.07) is 33.6. The summed E-state index contributed by atoms with van der Waals surface area (Å²) in [5.41, 5.74) is 2.89. The van der Waals surface area contributed by atoms with Crippen molar-refractivity contribution in [3.05, 3.63) is 144 Å². The third-order valence-electron chi connectivity index (χ3n) is 9.06.